The van der Waals surface area contributed by atoms with Crippen LogP contribution in [0, 0.1) is 0 Å². The van der Waals surface area contributed by atoms with E-state index in [2.05, 4.69) is 31.3 Å². The molecule has 0 radical (unpaired) electrons. The van der Waals surface area contributed by atoms with Crippen molar-refractivity contribution in [3.8, 4) is 0 Å². The Hall–Kier alpha value is -1.73. The van der Waals surface area contributed by atoms with E-state index in [9.17, 15) is 61.0 Å². The van der Waals surface area contributed by atoms with Gasteiger partial charge in [-0.05, 0) is 44.9 Å². The van der Waals surface area contributed by atoms with Crippen molar-refractivity contribution in [2.24, 2.45) is 0 Å². The van der Waals surface area contributed by atoms with E-state index in [-0.39, 0.29) is 18.9 Å². The van der Waals surface area contributed by atoms with E-state index in [0.29, 0.717) is 6.42 Å². The van der Waals surface area contributed by atoms with E-state index in [1.54, 1.807) is 6.08 Å². The predicted octanol–water partition coefficient (Wildman–Crippen LogP) is 2.81. The van der Waals surface area contributed by atoms with Gasteiger partial charge in [0, 0.05) is 6.42 Å². The van der Waals surface area contributed by atoms with Gasteiger partial charge in [0.1, 0.15) is 73.2 Å². The lowest BCUT2D eigenvalue weighted by molar-refractivity contribution is -0.379. The zero-order chi connectivity index (χ0) is 52.0. The minimum Gasteiger partial charge on any atom is -0.394 e. The number of unbranched alkanes of at least 4 members (excludes halogenated alkanes) is 20. The van der Waals surface area contributed by atoms with Crippen LogP contribution in [0.5, 0.6) is 0 Å². The number of carbonyl (C=O) groups excluding carboxylic acids is 1. The van der Waals surface area contributed by atoms with Crippen molar-refractivity contribution in [3.63, 3.8) is 0 Å². The Kier molecular flexibility index (Phi) is 33.2. The van der Waals surface area contributed by atoms with Crippen LogP contribution in [0.15, 0.2) is 24.3 Å². The third-order valence-corrected chi connectivity index (χ3v) is 13.7. The van der Waals surface area contributed by atoms with E-state index >= 15 is 0 Å². The number of rotatable bonds is 38. The van der Waals surface area contributed by atoms with Gasteiger partial charge in [-0.3, -0.25) is 4.79 Å². The summed E-state index contributed by atoms with van der Waals surface area (Å²) in [5, 5.41) is 120. The van der Waals surface area contributed by atoms with Crippen LogP contribution in [0.2, 0.25) is 0 Å². The maximum atomic E-state index is 13.2. The molecule has 12 N–H and O–H groups in total. The Morgan fingerprint density at radius 2 is 0.887 bits per heavy atom. The number of hydrogen-bond acceptors (Lipinski definition) is 18. The molecule has 1 amide bonds. The highest BCUT2D eigenvalue weighted by Gasteiger charge is 2.53. The maximum absolute atomic E-state index is 13.2. The van der Waals surface area contributed by atoms with Gasteiger partial charge in [0.05, 0.1) is 38.6 Å². The lowest BCUT2D eigenvalue weighted by Crippen LogP contribution is -2.66. The Balaban J connectivity index is 1.54. The van der Waals surface area contributed by atoms with E-state index in [4.69, 9.17) is 28.4 Å². The first kappa shape index (κ1) is 63.6. The fourth-order valence-corrected chi connectivity index (χ4v) is 9.18. The maximum Gasteiger partial charge on any atom is 0.220 e. The average molecular weight is 1020 g/mol. The summed E-state index contributed by atoms with van der Waals surface area (Å²) in [6.07, 6.45) is 7.54. The van der Waals surface area contributed by atoms with E-state index < -0.39 is 124 Å². The number of allylic oxidation sites excluding steroid dienone is 3. The minimum atomic E-state index is -1.98. The van der Waals surface area contributed by atoms with Gasteiger partial charge in [0.25, 0.3) is 0 Å². The van der Waals surface area contributed by atoms with Gasteiger partial charge in [0.2, 0.25) is 5.91 Å². The zero-order valence-electron chi connectivity index (χ0n) is 42.7. The number of amides is 1. The quantitative estimate of drug-likeness (QED) is 0.0313. The number of aliphatic hydroxyl groups excluding tert-OH is 11. The van der Waals surface area contributed by atoms with Crippen LogP contribution >= 0.6 is 0 Å². The first-order valence-electron chi connectivity index (χ1n) is 27.1. The fraction of sp³-hybridized carbons (Fsp3) is 0.904. The summed E-state index contributed by atoms with van der Waals surface area (Å²) >= 11 is 0. The Labute approximate surface area is 422 Å². The van der Waals surface area contributed by atoms with Crippen LogP contribution in [0.3, 0.4) is 0 Å². The summed E-state index contributed by atoms with van der Waals surface area (Å²) in [6.45, 7) is 1.66. The number of carbonyl (C=O) groups is 1. The Bertz CT molecular complexity index is 1410. The predicted molar refractivity (Wildman–Crippen MR) is 263 cm³/mol. The van der Waals surface area contributed by atoms with Gasteiger partial charge in [-0.15, -0.1) is 0 Å². The first-order valence-corrected chi connectivity index (χ1v) is 27.1. The summed E-state index contributed by atoms with van der Waals surface area (Å²) < 4.78 is 34.1. The second kappa shape index (κ2) is 37.1. The molecule has 3 fully saturated rings. The lowest BCUT2D eigenvalue weighted by Gasteiger charge is -2.48. The van der Waals surface area contributed by atoms with Crippen molar-refractivity contribution < 1.29 is 89.4 Å². The molecular weight excluding hydrogens is 927 g/mol. The molecule has 0 aromatic carbocycles. The van der Waals surface area contributed by atoms with Crippen LogP contribution in [-0.4, -0.2) is 193 Å². The second-order valence-corrected chi connectivity index (χ2v) is 19.7. The number of nitrogens with one attached hydrogen (secondary N) is 1. The van der Waals surface area contributed by atoms with Crippen LogP contribution in [-0.2, 0) is 33.2 Å². The zero-order valence-corrected chi connectivity index (χ0v) is 42.7. The highest BCUT2D eigenvalue weighted by Crippen LogP contribution is 2.33. The molecule has 0 bridgehead atoms. The molecule has 0 aromatic rings. The molecule has 17 atom stereocenters. The summed E-state index contributed by atoms with van der Waals surface area (Å²) in [5.74, 6) is -0.287. The van der Waals surface area contributed by atoms with E-state index in [0.717, 1.165) is 64.2 Å². The molecule has 3 rings (SSSR count). The molecule has 0 spiro atoms. The highest BCUT2D eigenvalue weighted by molar-refractivity contribution is 5.76. The van der Waals surface area contributed by atoms with Gasteiger partial charge >= 0.3 is 0 Å². The molecule has 0 aromatic heterocycles. The van der Waals surface area contributed by atoms with Crippen molar-refractivity contribution in [1.29, 1.82) is 0 Å². The van der Waals surface area contributed by atoms with Crippen molar-refractivity contribution in [3.05, 3.63) is 24.3 Å². The summed E-state index contributed by atoms with van der Waals surface area (Å²) in [5.41, 5.74) is 0. The van der Waals surface area contributed by atoms with E-state index in [1.807, 2.05) is 6.08 Å². The summed E-state index contributed by atoms with van der Waals surface area (Å²) in [7, 11) is 0. The Morgan fingerprint density at radius 3 is 1.37 bits per heavy atom. The standard InChI is InChI=1S/C52H95NO18/c1-3-5-7-9-11-13-15-16-17-18-19-20-22-24-26-28-30-40(58)53-35(36(57)29-27-25-23-21-14-12-10-8-6-4-2)34-66-50-46(64)43(61)48(38(32-55)68-50)71-52-47(65)44(62)49(39(33-56)69-52)70-51-45(63)42(60)41(59)37(31-54)67-51/h17-18,27,29,35-39,41-52,54-57,59-65H,3-16,19-26,28,30-34H2,1-2H3,(H,53,58)/b18-17-,29-27+. The molecule has 3 aliphatic heterocycles. The van der Waals surface area contributed by atoms with Gasteiger partial charge in [0.15, 0.2) is 18.9 Å². The Morgan fingerprint density at radius 1 is 0.493 bits per heavy atom. The molecule has 416 valence electrons. The number of ether oxygens (including phenoxy) is 6. The van der Waals surface area contributed by atoms with Gasteiger partial charge in [-0.1, -0.05) is 141 Å². The van der Waals surface area contributed by atoms with Gasteiger partial charge < -0.3 is 89.9 Å². The molecular formula is C52H95NO18. The lowest BCUT2D eigenvalue weighted by atomic mass is 9.96. The van der Waals surface area contributed by atoms with Crippen LogP contribution in [0.1, 0.15) is 168 Å². The molecule has 3 saturated heterocycles. The number of aliphatic hydroxyl groups is 11. The molecule has 17 unspecified atom stereocenters. The van der Waals surface area contributed by atoms with E-state index in [1.165, 1.54) is 77.0 Å². The normalized spacial score (nSPS) is 32.4. The molecule has 0 aliphatic carbocycles. The molecule has 3 aliphatic rings. The molecule has 71 heavy (non-hydrogen) atoms. The summed E-state index contributed by atoms with van der Waals surface area (Å²) in [4.78, 5) is 13.2. The topological polar surface area (TPSA) is 307 Å². The third kappa shape index (κ3) is 22.6. The van der Waals surface area contributed by atoms with Crippen LogP contribution < -0.4 is 5.32 Å². The second-order valence-electron chi connectivity index (χ2n) is 19.7. The minimum absolute atomic E-state index is 0.234. The fourth-order valence-electron chi connectivity index (χ4n) is 9.18. The highest BCUT2D eigenvalue weighted by atomic mass is 16.8. The monoisotopic (exact) mass is 1020 g/mol. The molecule has 3 heterocycles. The molecule has 19 heteroatoms. The van der Waals surface area contributed by atoms with Crippen molar-refractivity contribution in [1.82, 2.24) is 5.32 Å². The van der Waals surface area contributed by atoms with Crippen LogP contribution in [0.4, 0.5) is 0 Å². The molecule has 0 saturated carbocycles. The first-order chi connectivity index (χ1) is 34.3. The smallest absolute Gasteiger partial charge is 0.220 e. The number of hydrogen-bond donors (Lipinski definition) is 12. The van der Waals surface area contributed by atoms with Crippen molar-refractivity contribution in [2.75, 3.05) is 26.4 Å². The van der Waals surface area contributed by atoms with Crippen molar-refractivity contribution >= 4 is 5.91 Å². The van der Waals surface area contributed by atoms with Crippen LogP contribution in [0.25, 0.3) is 0 Å². The summed E-state index contributed by atoms with van der Waals surface area (Å²) in [6, 6.07) is -0.972. The molecule has 19 nitrogen and oxygen atoms in total. The van der Waals surface area contributed by atoms with Gasteiger partial charge in [-0.2, -0.15) is 0 Å². The van der Waals surface area contributed by atoms with Crippen molar-refractivity contribution in [2.45, 2.75) is 272 Å². The largest absolute Gasteiger partial charge is 0.394 e. The average Bonchev–Trinajstić information content (AvgIpc) is 3.36. The third-order valence-electron chi connectivity index (χ3n) is 13.7. The SMILES string of the molecule is CCCCCCCCC/C=C\CCCCCCCC(=O)NC(COC1OC(CO)C(OC2OC(CO)C(OC3OC(CO)C(O)C(O)C3O)C(O)C2O)C(O)C1O)C(O)/C=C/CCCCCCCCCC. The van der Waals surface area contributed by atoms with Gasteiger partial charge in [-0.25, -0.2) is 0 Å².